The fourth-order valence-electron chi connectivity index (χ4n) is 3.95. The predicted molar refractivity (Wildman–Crippen MR) is 104 cm³/mol. The molecule has 2 aromatic heterocycles. The quantitative estimate of drug-likeness (QED) is 0.757. The molecule has 4 rings (SSSR count). The molecular formula is C22H26N4. The number of benzene rings is 1. The Labute approximate surface area is 155 Å². The van der Waals surface area contributed by atoms with E-state index in [1.807, 2.05) is 12.4 Å². The molecule has 26 heavy (non-hydrogen) atoms. The summed E-state index contributed by atoms with van der Waals surface area (Å²) in [5.41, 5.74) is 5.09. The number of aromatic nitrogens is 3. The summed E-state index contributed by atoms with van der Waals surface area (Å²) in [6, 6.07) is 15.2. The average molecular weight is 346 g/mol. The van der Waals surface area contributed by atoms with Gasteiger partial charge >= 0.3 is 0 Å². The lowest BCUT2D eigenvalue weighted by Gasteiger charge is -2.32. The fraction of sp³-hybridized carbons (Fsp3) is 0.364. The number of aromatic amines is 1. The molecular weight excluding hydrogens is 320 g/mol. The molecule has 4 nitrogen and oxygen atoms in total. The maximum absolute atomic E-state index is 4.88. The normalized spacial score (nSPS) is 18.1. The van der Waals surface area contributed by atoms with Crippen molar-refractivity contribution >= 4 is 0 Å². The van der Waals surface area contributed by atoms with Gasteiger partial charge in [-0.05, 0) is 56.0 Å². The molecule has 0 saturated carbocycles. The minimum absolute atomic E-state index is 0.508. The van der Waals surface area contributed by atoms with Crippen LogP contribution in [0.1, 0.15) is 47.1 Å². The third kappa shape index (κ3) is 4.20. The zero-order chi connectivity index (χ0) is 17.8. The maximum atomic E-state index is 4.88. The standard InChI is InChI=1S/C22H26N4/c1-17-12-19(13-18-6-3-2-4-7-18)14-21(25-17)20-8-5-11-26(15-20)16-22-23-9-10-24-22/h2-4,6-7,9-10,12,14,20H,5,8,11,13,15-16H2,1H3,(H,23,24)/t20-/m0/s1. The Morgan fingerprint density at radius 2 is 2.04 bits per heavy atom. The van der Waals surface area contributed by atoms with Gasteiger partial charge in [-0.1, -0.05) is 30.3 Å². The van der Waals surface area contributed by atoms with Gasteiger partial charge in [-0.15, -0.1) is 0 Å². The maximum Gasteiger partial charge on any atom is 0.120 e. The van der Waals surface area contributed by atoms with Crippen LogP contribution in [-0.4, -0.2) is 32.9 Å². The summed E-state index contributed by atoms with van der Waals surface area (Å²) in [5.74, 6) is 1.56. The Morgan fingerprint density at radius 1 is 1.15 bits per heavy atom. The SMILES string of the molecule is Cc1cc(Cc2ccccc2)cc([C@H]2CCCN(Cc3ncc[nH]3)C2)n1. The summed E-state index contributed by atoms with van der Waals surface area (Å²) in [7, 11) is 0. The first-order valence-electron chi connectivity index (χ1n) is 9.48. The Morgan fingerprint density at radius 3 is 2.85 bits per heavy atom. The van der Waals surface area contributed by atoms with Crippen LogP contribution in [0.25, 0.3) is 0 Å². The highest BCUT2D eigenvalue weighted by Gasteiger charge is 2.23. The van der Waals surface area contributed by atoms with Crippen LogP contribution < -0.4 is 0 Å². The molecule has 1 aliphatic heterocycles. The van der Waals surface area contributed by atoms with E-state index in [4.69, 9.17) is 4.98 Å². The van der Waals surface area contributed by atoms with Crippen LogP contribution in [0.5, 0.6) is 0 Å². The van der Waals surface area contributed by atoms with Crippen molar-refractivity contribution in [1.82, 2.24) is 19.9 Å². The Hall–Kier alpha value is -2.46. The molecule has 0 radical (unpaired) electrons. The molecule has 3 aromatic rings. The molecule has 3 heterocycles. The van der Waals surface area contributed by atoms with Crippen LogP contribution >= 0.6 is 0 Å². The number of aryl methyl sites for hydroxylation is 1. The molecule has 1 saturated heterocycles. The van der Waals surface area contributed by atoms with Crippen molar-refractivity contribution in [2.45, 2.75) is 38.6 Å². The topological polar surface area (TPSA) is 44.8 Å². The van der Waals surface area contributed by atoms with Gasteiger partial charge in [-0.3, -0.25) is 9.88 Å². The van der Waals surface area contributed by atoms with Crippen LogP contribution in [0.4, 0.5) is 0 Å². The van der Waals surface area contributed by atoms with E-state index in [1.165, 1.54) is 29.7 Å². The molecule has 0 aliphatic carbocycles. The van der Waals surface area contributed by atoms with Crippen molar-refractivity contribution in [3.05, 3.63) is 83.2 Å². The van der Waals surface area contributed by atoms with Gasteiger partial charge in [0.25, 0.3) is 0 Å². The number of piperidine rings is 1. The van der Waals surface area contributed by atoms with Gasteiger partial charge in [0.2, 0.25) is 0 Å². The first kappa shape index (κ1) is 17.0. The molecule has 1 fully saturated rings. The summed E-state index contributed by atoms with van der Waals surface area (Å²) in [6.07, 6.45) is 7.13. The first-order valence-corrected chi connectivity index (χ1v) is 9.48. The zero-order valence-electron chi connectivity index (χ0n) is 15.4. The van der Waals surface area contributed by atoms with Gasteiger partial charge in [0.05, 0.1) is 6.54 Å². The van der Waals surface area contributed by atoms with Crippen molar-refractivity contribution in [2.75, 3.05) is 13.1 Å². The second kappa shape index (κ2) is 7.83. The van der Waals surface area contributed by atoms with Crippen molar-refractivity contribution < 1.29 is 0 Å². The smallest absolute Gasteiger partial charge is 0.120 e. The number of nitrogens with zero attached hydrogens (tertiary/aromatic N) is 3. The molecule has 1 aromatic carbocycles. The molecule has 0 spiro atoms. The number of likely N-dealkylation sites (tertiary alicyclic amines) is 1. The minimum Gasteiger partial charge on any atom is -0.348 e. The van der Waals surface area contributed by atoms with E-state index < -0.39 is 0 Å². The molecule has 0 bridgehead atoms. The van der Waals surface area contributed by atoms with E-state index in [9.17, 15) is 0 Å². The molecule has 0 unspecified atom stereocenters. The van der Waals surface area contributed by atoms with Gasteiger partial charge in [-0.2, -0.15) is 0 Å². The number of hydrogen-bond acceptors (Lipinski definition) is 3. The Balaban J connectivity index is 1.49. The Bertz CT molecular complexity index is 827. The van der Waals surface area contributed by atoms with Crippen LogP contribution in [-0.2, 0) is 13.0 Å². The zero-order valence-corrected chi connectivity index (χ0v) is 15.4. The molecule has 0 amide bonds. The summed E-state index contributed by atoms with van der Waals surface area (Å²) >= 11 is 0. The van der Waals surface area contributed by atoms with Crippen LogP contribution in [0.3, 0.4) is 0 Å². The van der Waals surface area contributed by atoms with E-state index in [-0.39, 0.29) is 0 Å². The number of pyridine rings is 1. The number of nitrogens with one attached hydrogen (secondary N) is 1. The van der Waals surface area contributed by atoms with Crippen molar-refractivity contribution in [1.29, 1.82) is 0 Å². The minimum atomic E-state index is 0.508. The molecule has 1 aliphatic rings. The van der Waals surface area contributed by atoms with Gasteiger partial charge < -0.3 is 4.98 Å². The van der Waals surface area contributed by atoms with Crippen LogP contribution in [0.2, 0.25) is 0 Å². The predicted octanol–water partition coefficient (Wildman–Crippen LogP) is 4.08. The van der Waals surface area contributed by atoms with Crippen molar-refractivity contribution in [3.63, 3.8) is 0 Å². The lowest BCUT2D eigenvalue weighted by atomic mass is 9.92. The number of rotatable bonds is 5. The first-order chi connectivity index (χ1) is 12.8. The summed E-state index contributed by atoms with van der Waals surface area (Å²) in [4.78, 5) is 15.0. The van der Waals surface area contributed by atoms with Gasteiger partial charge in [-0.25, -0.2) is 4.98 Å². The second-order valence-corrected chi connectivity index (χ2v) is 7.31. The van der Waals surface area contributed by atoms with E-state index >= 15 is 0 Å². The van der Waals surface area contributed by atoms with E-state index in [2.05, 4.69) is 64.3 Å². The number of imidazole rings is 1. The molecule has 1 N–H and O–H groups in total. The lowest BCUT2D eigenvalue weighted by Crippen LogP contribution is -2.34. The van der Waals surface area contributed by atoms with Crippen molar-refractivity contribution in [3.8, 4) is 0 Å². The van der Waals surface area contributed by atoms with Gasteiger partial charge in [0.15, 0.2) is 0 Å². The summed E-state index contributed by atoms with van der Waals surface area (Å²) < 4.78 is 0. The third-order valence-electron chi connectivity index (χ3n) is 5.14. The number of hydrogen-bond donors (Lipinski definition) is 1. The van der Waals surface area contributed by atoms with E-state index in [0.29, 0.717) is 5.92 Å². The summed E-state index contributed by atoms with van der Waals surface area (Å²) in [6.45, 7) is 5.20. The Kier molecular flexibility index (Phi) is 5.12. The van der Waals surface area contributed by atoms with Crippen LogP contribution in [0.15, 0.2) is 54.9 Å². The van der Waals surface area contributed by atoms with Gasteiger partial charge in [0, 0.05) is 36.2 Å². The third-order valence-corrected chi connectivity index (χ3v) is 5.14. The largest absolute Gasteiger partial charge is 0.348 e. The van der Waals surface area contributed by atoms with Crippen molar-refractivity contribution in [2.24, 2.45) is 0 Å². The highest BCUT2D eigenvalue weighted by Crippen LogP contribution is 2.27. The molecule has 1 atom stereocenters. The van der Waals surface area contributed by atoms with E-state index in [0.717, 1.165) is 37.6 Å². The molecule has 4 heteroatoms. The summed E-state index contributed by atoms with van der Waals surface area (Å²) in [5, 5.41) is 0. The molecule has 134 valence electrons. The fourth-order valence-corrected chi connectivity index (χ4v) is 3.95. The monoisotopic (exact) mass is 346 g/mol. The van der Waals surface area contributed by atoms with Gasteiger partial charge in [0.1, 0.15) is 5.82 Å². The lowest BCUT2D eigenvalue weighted by molar-refractivity contribution is 0.194. The second-order valence-electron chi connectivity index (χ2n) is 7.31. The highest BCUT2D eigenvalue weighted by atomic mass is 15.2. The number of H-pyrrole nitrogens is 1. The van der Waals surface area contributed by atoms with Crippen LogP contribution in [0, 0.1) is 6.92 Å². The highest BCUT2D eigenvalue weighted by molar-refractivity contribution is 5.30. The average Bonchev–Trinajstić information content (AvgIpc) is 3.15. The van der Waals surface area contributed by atoms with E-state index in [1.54, 1.807) is 0 Å².